The van der Waals surface area contributed by atoms with Crippen LogP contribution in [0.4, 0.5) is 4.39 Å². The van der Waals surface area contributed by atoms with E-state index >= 15 is 0 Å². The van der Waals surface area contributed by atoms with E-state index in [9.17, 15) is 9.50 Å². The Kier molecular flexibility index (Phi) is 7.05. The van der Waals surface area contributed by atoms with Crippen LogP contribution in [-0.4, -0.2) is 10.6 Å². The zero-order chi connectivity index (χ0) is 20.2. The molecule has 0 fully saturated rings. The average molecular weight is 389 g/mol. The van der Waals surface area contributed by atoms with Crippen molar-refractivity contribution in [2.75, 3.05) is 0 Å². The number of aromatic hydroxyl groups is 1. The first-order chi connectivity index (χ1) is 12.6. The molecular formula is C23H33FNOP. The van der Waals surface area contributed by atoms with Gasteiger partial charge in [0.2, 0.25) is 0 Å². The Morgan fingerprint density at radius 1 is 1.07 bits per heavy atom. The van der Waals surface area contributed by atoms with Crippen LogP contribution in [0.5, 0.6) is 5.75 Å². The second-order valence-electron chi connectivity index (χ2n) is 8.29. The molecular weight excluding hydrogens is 356 g/mol. The average Bonchev–Trinajstić information content (AvgIpc) is 2.61. The molecule has 4 heteroatoms. The third-order valence-corrected chi connectivity index (χ3v) is 7.42. The fourth-order valence-corrected chi connectivity index (χ4v) is 5.06. The number of hydrogen-bond donors (Lipinski definition) is 2. The highest BCUT2D eigenvalue weighted by Gasteiger charge is 2.32. The van der Waals surface area contributed by atoms with Gasteiger partial charge in [-0.25, -0.2) is 4.39 Å². The minimum Gasteiger partial charge on any atom is -0.507 e. The highest BCUT2D eigenvalue weighted by atomic mass is 31.1. The van der Waals surface area contributed by atoms with Crippen LogP contribution in [0, 0.1) is 12.7 Å². The van der Waals surface area contributed by atoms with Gasteiger partial charge in [-0.1, -0.05) is 46.7 Å². The molecule has 0 heterocycles. The van der Waals surface area contributed by atoms with Gasteiger partial charge in [-0.3, -0.25) is 0 Å². The van der Waals surface area contributed by atoms with Crippen LogP contribution in [0.3, 0.4) is 0 Å². The normalized spacial score (nSPS) is 12.9. The van der Waals surface area contributed by atoms with Gasteiger partial charge in [0.15, 0.2) is 0 Å². The van der Waals surface area contributed by atoms with Gasteiger partial charge in [-0.2, -0.15) is 0 Å². The molecule has 0 saturated carbocycles. The predicted molar refractivity (Wildman–Crippen MR) is 116 cm³/mol. The van der Waals surface area contributed by atoms with Gasteiger partial charge in [0, 0.05) is 22.8 Å². The highest BCUT2D eigenvalue weighted by molar-refractivity contribution is 7.48. The van der Waals surface area contributed by atoms with Crippen LogP contribution in [0.15, 0.2) is 36.4 Å². The molecule has 2 nitrogen and oxygen atoms in total. The summed E-state index contributed by atoms with van der Waals surface area (Å²) in [7, 11) is 0.458. The quantitative estimate of drug-likeness (QED) is 0.591. The number of phenolic OH excluding ortho intramolecular Hbond substituents is 1. The van der Waals surface area contributed by atoms with E-state index in [2.05, 4.69) is 39.9 Å². The van der Waals surface area contributed by atoms with Crippen LogP contribution in [0.25, 0.3) is 0 Å². The molecule has 0 aliphatic carbocycles. The summed E-state index contributed by atoms with van der Waals surface area (Å²) in [5.41, 5.74) is 2.87. The van der Waals surface area contributed by atoms with Crippen molar-refractivity contribution in [3.63, 3.8) is 0 Å². The second-order valence-corrected chi connectivity index (χ2v) is 10.0. The Balaban J connectivity index is 2.46. The maximum Gasteiger partial charge on any atom is 0.123 e. The van der Waals surface area contributed by atoms with Gasteiger partial charge in [0.25, 0.3) is 0 Å². The van der Waals surface area contributed by atoms with Crippen molar-refractivity contribution >= 4 is 13.9 Å². The van der Waals surface area contributed by atoms with Gasteiger partial charge in [-0.05, 0) is 69.1 Å². The number of aryl methyl sites for hydroxylation is 1. The number of hydrogen-bond acceptors (Lipinski definition) is 2. The van der Waals surface area contributed by atoms with Crippen molar-refractivity contribution < 1.29 is 9.50 Å². The second kappa shape index (κ2) is 8.71. The summed E-state index contributed by atoms with van der Waals surface area (Å²) in [4.78, 5) is 0. The van der Waals surface area contributed by atoms with Gasteiger partial charge in [0.1, 0.15) is 11.6 Å². The number of phenols is 1. The summed E-state index contributed by atoms with van der Waals surface area (Å²) in [6.45, 7) is 13.3. The Morgan fingerprint density at radius 2 is 1.74 bits per heavy atom. The molecule has 1 unspecified atom stereocenters. The van der Waals surface area contributed by atoms with E-state index in [-0.39, 0.29) is 16.5 Å². The first-order valence-corrected chi connectivity index (χ1v) is 10.7. The minimum absolute atomic E-state index is 0.0336. The summed E-state index contributed by atoms with van der Waals surface area (Å²) in [6, 6.07) is 11.1. The molecule has 2 aromatic rings. The van der Waals surface area contributed by atoms with E-state index < -0.39 is 0 Å². The molecule has 0 saturated heterocycles. The molecule has 0 bridgehead atoms. The SMILES string of the molecule is CCC(CC)(Pc1ccc(F)cc1CNC(C)(C)C)c1cccc(C)c1O. The van der Waals surface area contributed by atoms with Gasteiger partial charge >= 0.3 is 0 Å². The Bertz CT molecular complexity index is 778. The number of benzene rings is 2. The summed E-state index contributed by atoms with van der Waals surface area (Å²) < 4.78 is 13.9. The zero-order valence-corrected chi connectivity index (χ0v) is 18.4. The molecule has 2 rings (SSSR count). The standard InChI is InChI=1S/C23H33FNOP/c1-7-23(8-2,19-11-9-10-16(3)21(19)26)27-20-13-12-18(24)14-17(20)15-25-22(4,5)6/h9-14,25-27H,7-8,15H2,1-6H3. The van der Waals surface area contributed by atoms with Crippen LogP contribution in [0.1, 0.15) is 64.2 Å². The molecule has 1 atom stereocenters. The van der Waals surface area contributed by atoms with Gasteiger partial charge in [-0.15, -0.1) is 0 Å². The first-order valence-electron chi connectivity index (χ1n) is 9.72. The van der Waals surface area contributed by atoms with Crippen LogP contribution in [-0.2, 0) is 11.7 Å². The van der Waals surface area contributed by atoms with E-state index in [0.717, 1.165) is 34.8 Å². The van der Waals surface area contributed by atoms with E-state index in [1.807, 2.05) is 31.2 Å². The van der Waals surface area contributed by atoms with E-state index in [1.54, 1.807) is 12.1 Å². The lowest BCUT2D eigenvalue weighted by Crippen LogP contribution is -2.36. The van der Waals surface area contributed by atoms with Crippen molar-refractivity contribution in [3.8, 4) is 5.75 Å². The summed E-state index contributed by atoms with van der Waals surface area (Å²) in [5, 5.41) is 15.2. The molecule has 0 spiro atoms. The third kappa shape index (κ3) is 5.30. The molecule has 0 aliphatic heterocycles. The Hall–Kier alpha value is -1.44. The lowest BCUT2D eigenvalue weighted by molar-refractivity contribution is 0.424. The van der Waals surface area contributed by atoms with Crippen LogP contribution >= 0.6 is 8.58 Å². The Labute approximate surface area is 165 Å². The molecule has 0 radical (unpaired) electrons. The molecule has 2 aromatic carbocycles. The molecule has 148 valence electrons. The molecule has 0 amide bonds. The molecule has 0 aliphatic rings. The smallest absolute Gasteiger partial charge is 0.123 e. The van der Waals surface area contributed by atoms with E-state index in [1.165, 1.54) is 0 Å². The number of para-hydroxylation sites is 1. The van der Waals surface area contributed by atoms with E-state index in [0.29, 0.717) is 20.9 Å². The predicted octanol–water partition coefficient (Wildman–Crippen LogP) is 5.75. The van der Waals surface area contributed by atoms with Crippen molar-refractivity contribution in [1.29, 1.82) is 0 Å². The molecule has 0 aromatic heterocycles. The van der Waals surface area contributed by atoms with Crippen molar-refractivity contribution in [2.24, 2.45) is 0 Å². The summed E-state index contributed by atoms with van der Waals surface area (Å²) in [5.74, 6) is 0.191. The topological polar surface area (TPSA) is 32.3 Å². The molecule has 27 heavy (non-hydrogen) atoms. The third-order valence-electron chi connectivity index (χ3n) is 5.21. The van der Waals surface area contributed by atoms with Crippen molar-refractivity contribution in [1.82, 2.24) is 5.32 Å². The maximum absolute atomic E-state index is 13.9. The van der Waals surface area contributed by atoms with Gasteiger partial charge < -0.3 is 10.4 Å². The highest BCUT2D eigenvalue weighted by Crippen LogP contribution is 2.50. The monoisotopic (exact) mass is 389 g/mol. The fourth-order valence-electron chi connectivity index (χ4n) is 3.37. The van der Waals surface area contributed by atoms with E-state index in [4.69, 9.17) is 0 Å². The summed E-state index contributed by atoms with van der Waals surface area (Å²) >= 11 is 0. The first kappa shape index (κ1) is 21.9. The Morgan fingerprint density at radius 3 is 2.33 bits per heavy atom. The van der Waals surface area contributed by atoms with Gasteiger partial charge in [0.05, 0.1) is 0 Å². The molecule has 2 N–H and O–H groups in total. The number of nitrogens with one attached hydrogen (secondary N) is 1. The lowest BCUT2D eigenvalue weighted by Gasteiger charge is -2.34. The zero-order valence-electron chi connectivity index (χ0n) is 17.4. The van der Waals surface area contributed by atoms with Crippen LogP contribution in [0.2, 0.25) is 0 Å². The van der Waals surface area contributed by atoms with Crippen molar-refractivity contribution in [2.45, 2.75) is 71.6 Å². The minimum atomic E-state index is -0.203. The largest absolute Gasteiger partial charge is 0.507 e. The fraction of sp³-hybridized carbons (Fsp3) is 0.478. The van der Waals surface area contributed by atoms with Crippen LogP contribution < -0.4 is 10.6 Å². The maximum atomic E-state index is 13.9. The number of halogens is 1. The lowest BCUT2D eigenvalue weighted by atomic mass is 9.90. The van der Waals surface area contributed by atoms with Crippen molar-refractivity contribution in [3.05, 3.63) is 58.9 Å². The summed E-state index contributed by atoms with van der Waals surface area (Å²) in [6.07, 6.45) is 1.84. The number of rotatable bonds is 7.